The molecule has 2 unspecified atom stereocenters. The van der Waals surface area contributed by atoms with Gasteiger partial charge in [-0.15, -0.1) is 11.3 Å². The van der Waals surface area contributed by atoms with Crippen LogP contribution < -0.4 is 5.32 Å². The molecule has 0 radical (unpaired) electrons. The third-order valence-corrected chi connectivity index (χ3v) is 5.73. The summed E-state index contributed by atoms with van der Waals surface area (Å²) in [5, 5.41) is 6.31. The molecule has 1 heterocycles. The van der Waals surface area contributed by atoms with Crippen LogP contribution in [-0.4, -0.2) is 0 Å². The zero-order chi connectivity index (χ0) is 15.0. The van der Waals surface area contributed by atoms with Crippen molar-refractivity contribution in [1.82, 2.24) is 5.32 Å². The van der Waals surface area contributed by atoms with Crippen LogP contribution in [0.2, 0.25) is 10.0 Å². The Kier molecular flexibility index (Phi) is 4.55. The Morgan fingerprint density at radius 2 is 2.14 bits per heavy atom. The van der Waals surface area contributed by atoms with E-state index in [4.69, 9.17) is 23.2 Å². The van der Waals surface area contributed by atoms with Gasteiger partial charge in [-0.05, 0) is 55.3 Å². The second-order valence-electron chi connectivity index (χ2n) is 5.39. The minimum atomic E-state index is -0.426. The highest BCUT2D eigenvalue weighted by Gasteiger charge is 2.25. The fourth-order valence-electron chi connectivity index (χ4n) is 2.98. The number of nitrogens with one attached hydrogen (secondary N) is 1. The number of rotatable bonds is 3. The van der Waals surface area contributed by atoms with E-state index in [2.05, 4.69) is 16.8 Å². The lowest BCUT2D eigenvalue weighted by molar-refractivity contribution is 0.417. The lowest BCUT2D eigenvalue weighted by atomic mass is 9.93. The molecule has 2 atom stereocenters. The molecule has 0 saturated carbocycles. The Bertz CT molecular complexity index is 656. The summed E-state index contributed by atoms with van der Waals surface area (Å²) in [6.07, 6.45) is 3.40. The highest BCUT2D eigenvalue weighted by Crippen LogP contribution is 2.37. The number of fused-ring (bicyclic) bond motifs is 1. The second kappa shape index (κ2) is 6.25. The molecule has 1 aliphatic carbocycles. The van der Waals surface area contributed by atoms with Crippen LogP contribution in [-0.2, 0) is 6.42 Å². The summed E-state index contributed by atoms with van der Waals surface area (Å²) in [5.74, 6) is -0.426. The van der Waals surface area contributed by atoms with Crippen LogP contribution in [0.3, 0.4) is 0 Å². The summed E-state index contributed by atoms with van der Waals surface area (Å²) in [7, 11) is 0. The average molecular weight is 344 g/mol. The molecule has 0 saturated heterocycles. The fourth-order valence-corrected chi connectivity index (χ4v) is 4.67. The van der Waals surface area contributed by atoms with Crippen molar-refractivity contribution in [3.63, 3.8) is 0 Å². The molecule has 5 heteroatoms. The van der Waals surface area contributed by atoms with Crippen LogP contribution in [0.5, 0.6) is 0 Å². The zero-order valence-electron chi connectivity index (χ0n) is 11.6. The van der Waals surface area contributed by atoms with Gasteiger partial charge in [-0.3, -0.25) is 0 Å². The van der Waals surface area contributed by atoms with E-state index in [1.807, 2.05) is 18.3 Å². The highest BCUT2D eigenvalue weighted by molar-refractivity contribution is 7.10. The van der Waals surface area contributed by atoms with Gasteiger partial charge in [0.25, 0.3) is 0 Å². The van der Waals surface area contributed by atoms with E-state index in [0.29, 0.717) is 10.6 Å². The molecule has 0 spiro atoms. The first-order valence-electron chi connectivity index (χ1n) is 7.03. The van der Waals surface area contributed by atoms with Gasteiger partial charge in [0, 0.05) is 27.5 Å². The normalized spacial score (nSPS) is 19.3. The Hall–Kier alpha value is -0.610. The first-order chi connectivity index (χ1) is 10.1. The molecule has 112 valence electrons. The van der Waals surface area contributed by atoms with Crippen LogP contribution >= 0.6 is 34.5 Å². The monoisotopic (exact) mass is 343 g/mol. The molecule has 1 aromatic heterocycles. The van der Waals surface area contributed by atoms with E-state index in [9.17, 15) is 4.39 Å². The molecule has 1 N–H and O–H groups in total. The summed E-state index contributed by atoms with van der Waals surface area (Å²) in [4.78, 5) is 1.45. The smallest absolute Gasteiger partial charge is 0.142 e. The van der Waals surface area contributed by atoms with Crippen molar-refractivity contribution in [3.05, 3.63) is 55.4 Å². The average Bonchev–Trinajstić information content (AvgIpc) is 2.93. The number of thiophene rings is 1. The van der Waals surface area contributed by atoms with E-state index in [1.165, 1.54) is 22.9 Å². The van der Waals surface area contributed by atoms with Gasteiger partial charge in [-0.25, -0.2) is 4.39 Å². The van der Waals surface area contributed by atoms with Crippen molar-refractivity contribution in [2.75, 3.05) is 0 Å². The molecule has 0 amide bonds. The van der Waals surface area contributed by atoms with Gasteiger partial charge in [-0.1, -0.05) is 23.2 Å². The lowest BCUT2D eigenvalue weighted by Crippen LogP contribution is -2.27. The molecule has 21 heavy (non-hydrogen) atoms. The molecule has 0 bridgehead atoms. The maximum Gasteiger partial charge on any atom is 0.142 e. The number of halogens is 3. The quantitative estimate of drug-likeness (QED) is 0.681. The maximum absolute atomic E-state index is 13.7. The molecular formula is C16H16Cl2FNS. The standard InChI is InChI=1S/C16H16Cl2FNS/c1-9(15-11(17)5-6-12(19)16(15)18)20-13-3-2-4-14-10(13)7-8-21-14/h5-9,13,20H,2-4H2,1H3. The van der Waals surface area contributed by atoms with Crippen LogP contribution in [0.4, 0.5) is 4.39 Å². The topological polar surface area (TPSA) is 12.0 Å². The van der Waals surface area contributed by atoms with Crippen molar-refractivity contribution in [2.45, 2.75) is 38.3 Å². The van der Waals surface area contributed by atoms with E-state index >= 15 is 0 Å². The van der Waals surface area contributed by atoms with Crippen LogP contribution in [0.1, 0.15) is 47.9 Å². The van der Waals surface area contributed by atoms with Crippen molar-refractivity contribution in [1.29, 1.82) is 0 Å². The van der Waals surface area contributed by atoms with Crippen LogP contribution in [0.25, 0.3) is 0 Å². The Morgan fingerprint density at radius 3 is 2.95 bits per heavy atom. The highest BCUT2D eigenvalue weighted by atomic mass is 35.5. The van der Waals surface area contributed by atoms with Gasteiger partial charge >= 0.3 is 0 Å². The minimum Gasteiger partial charge on any atom is -0.303 e. The van der Waals surface area contributed by atoms with Gasteiger partial charge in [0.1, 0.15) is 5.82 Å². The first-order valence-corrected chi connectivity index (χ1v) is 8.67. The summed E-state index contributed by atoms with van der Waals surface area (Å²) >= 11 is 14.1. The zero-order valence-corrected chi connectivity index (χ0v) is 14.0. The van der Waals surface area contributed by atoms with Gasteiger partial charge in [0.15, 0.2) is 0 Å². The number of hydrogen-bond acceptors (Lipinski definition) is 2. The van der Waals surface area contributed by atoms with Crippen LogP contribution in [0.15, 0.2) is 23.6 Å². The summed E-state index contributed by atoms with van der Waals surface area (Å²) in [6, 6.07) is 5.23. The molecule has 1 aromatic carbocycles. The van der Waals surface area contributed by atoms with Gasteiger partial charge in [-0.2, -0.15) is 0 Å². The lowest BCUT2D eigenvalue weighted by Gasteiger charge is -2.28. The van der Waals surface area contributed by atoms with E-state index < -0.39 is 5.82 Å². The van der Waals surface area contributed by atoms with E-state index in [1.54, 1.807) is 6.07 Å². The van der Waals surface area contributed by atoms with Gasteiger partial charge in [0.05, 0.1) is 5.02 Å². The third kappa shape index (κ3) is 2.98. The molecular weight excluding hydrogens is 328 g/mol. The largest absolute Gasteiger partial charge is 0.303 e. The van der Waals surface area contributed by atoms with E-state index in [-0.39, 0.29) is 17.1 Å². The fraction of sp³-hybridized carbons (Fsp3) is 0.375. The predicted molar refractivity (Wildman–Crippen MR) is 88.0 cm³/mol. The molecule has 1 nitrogen and oxygen atoms in total. The third-order valence-electron chi connectivity index (χ3n) is 4.02. The van der Waals surface area contributed by atoms with E-state index in [0.717, 1.165) is 12.8 Å². The summed E-state index contributed by atoms with van der Waals surface area (Å²) in [5.41, 5.74) is 2.00. The molecule has 2 aromatic rings. The maximum atomic E-state index is 13.7. The van der Waals surface area contributed by atoms with Crippen molar-refractivity contribution in [2.24, 2.45) is 0 Å². The Balaban J connectivity index is 1.86. The van der Waals surface area contributed by atoms with Crippen molar-refractivity contribution < 1.29 is 4.39 Å². The minimum absolute atomic E-state index is 0.100. The summed E-state index contributed by atoms with van der Waals surface area (Å²) in [6.45, 7) is 1.98. The Morgan fingerprint density at radius 1 is 1.33 bits per heavy atom. The molecule has 0 fully saturated rings. The second-order valence-corrected chi connectivity index (χ2v) is 7.17. The first kappa shape index (κ1) is 15.3. The number of hydrogen-bond donors (Lipinski definition) is 1. The molecule has 1 aliphatic rings. The van der Waals surface area contributed by atoms with Crippen molar-refractivity contribution >= 4 is 34.5 Å². The summed E-state index contributed by atoms with van der Waals surface area (Å²) < 4.78 is 13.7. The molecule has 3 rings (SSSR count). The SMILES string of the molecule is CC(NC1CCCc2sccc21)c1c(Cl)ccc(F)c1Cl. The van der Waals surface area contributed by atoms with Crippen molar-refractivity contribution in [3.8, 4) is 0 Å². The molecule has 0 aliphatic heterocycles. The number of aryl methyl sites for hydroxylation is 1. The van der Waals surface area contributed by atoms with Crippen LogP contribution in [0, 0.1) is 5.82 Å². The van der Waals surface area contributed by atoms with Gasteiger partial charge in [0.2, 0.25) is 0 Å². The van der Waals surface area contributed by atoms with Gasteiger partial charge < -0.3 is 5.32 Å². The Labute approximate surface area is 138 Å². The number of benzene rings is 1. The predicted octanol–water partition coefficient (Wildman–Crippen LogP) is 5.92.